The van der Waals surface area contributed by atoms with Gasteiger partial charge in [0.25, 0.3) is 0 Å². The average Bonchev–Trinajstić information content (AvgIpc) is 3.78. The van der Waals surface area contributed by atoms with Crippen LogP contribution in [0, 0.1) is 0 Å². The van der Waals surface area contributed by atoms with Crippen LogP contribution in [-0.4, -0.2) is 4.57 Å². The van der Waals surface area contributed by atoms with E-state index in [1.807, 2.05) is 0 Å². The average molecular weight is 677 g/mol. The highest BCUT2D eigenvalue weighted by molar-refractivity contribution is 6.25. The third-order valence-electron chi connectivity index (χ3n) is 10.7. The molecule has 0 saturated carbocycles. The number of anilines is 3. The standard InChI is InChI=1S/C50H32N2O/c1-3-16-37(17-4-1)51(39-26-23-33-13-7-8-15-35(33)31-39)46-29-27-41(49-48-40-20-10-9-14-34(40)25-30-47(48)53-50(46)49)36-24-28-45-43(32-36)42-21-11-12-22-44(42)52(45)38-18-5-2-6-19-38/h1-32H. The highest BCUT2D eigenvalue weighted by atomic mass is 16.3. The third kappa shape index (κ3) is 4.61. The molecule has 0 bridgehead atoms. The van der Waals surface area contributed by atoms with Crippen molar-refractivity contribution >= 4 is 82.4 Å². The highest BCUT2D eigenvalue weighted by Gasteiger charge is 2.24. The van der Waals surface area contributed by atoms with E-state index >= 15 is 0 Å². The van der Waals surface area contributed by atoms with Gasteiger partial charge in [-0.05, 0) is 99.4 Å². The molecule has 11 aromatic rings. The van der Waals surface area contributed by atoms with E-state index in [1.165, 1.54) is 43.4 Å². The Hall–Kier alpha value is -7.10. The number of hydrogen-bond acceptors (Lipinski definition) is 2. The lowest BCUT2D eigenvalue weighted by Crippen LogP contribution is -2.10. The molecule has 0 atom stereocenters. The van der Waals surface area contributed by atoms with Crippen LogP contribution in [0.25, 0.3) is 82.1 Å². The summed E-state index contributed by atoms with van der Waals surface area (Å²) >= 11 is 0. The molecule has 0 aliphatic rings. The Morgan fingerprint density at radius 2 is 1.09 bits per heavy atom. The van der Waals surface area contributed by atoms with Crippen molar-refractivity contribution in [3.05, 3.63) is 194 Å². The van der Waals surface area contributed by atoms with Crippen molar-refractivity contribution in [1.82, 2.24) is 4.57 Å². The number of nitrogens with zero attached hydrogens (tertiary/aromatic N) is 2. The molecule has 2 heterocycles. The van der Waals surface area contributed by atoms with E-state index in [-0.39, 0.29) is 0 Å². The van der Waals surface area contributed by atoms with Crippen molar-refractivity contribution in [1.29, 1.82) is 0 Å². The highest BCUT2D eigenvalue weighted by Crippen LogP contribution is 2.48. The van der Waals surface area contributed by atoms with Crippen LogP contribution in [0.5, 0.6) is 0 Å². The summed E-state index contributed by atoms with van der Waals surface area (Å²) in [7, 11) is 0. The fourth-order valence-corrected chi connectivity index (χ4v) is 8.36. The van der Waals surface area contributed by atoms with E-state index in [1.54, 1.807) is 0 Å². The van der Waals surface area contributed by atoms with Gasteiger partial charge in [0.2, 0.25) is 0 Å². The summed E-state index contributed by atoms with van der Waals surface area (Å²) in [6, 6.07) is 69.6. The summed E-state index contributed by atoms with van der Waals surface area (Å²) < 4.78 is 9.41. The predicted octanol–water partition coefficient (Wildman–Crippen LogP) is 14.1. The van der Waals surface area contributed by atoms with Crippen LogP contribution in [-0.2, 0) is 0 Å². The second-order valence-corrected chi connectivity index (χ2v) is 13.7. The van der Waals surface area contributed by atoms with Crippen molar-refractivity contribution in [2.45, 2.75) is 0 Å². The number of fused-ring (bicyclic) bond motifs is 9. The zero-order valence-corrected chi connectivity index (χ0v) is 28.8. The first kappa shape index (κ1) is 29.6. The summed E-state index contributed by atoms with van der Waals surface area (Å²) in [4.78, 5) is 2.33. The van der Waals surface area contributed by atoms with Crippen molar-refractivity contribution in [2.24, 2.45) is 0 Å². The molecule has 2 aromatic heterocycles. The first-order valence-electron chi connectivity index (χ1n) is 18.1. The summed E-state index contributed by atoms with van der Waals surface area (Å²) in [5.41, 5.74) is 10.7. The Morgan fingerprint density at radius 1 is 0.415 bits per heavy atom. The van der Waals surface area contributed by atoms with Gasteiger partial charge in [0.05, 0.1) is 16.7 Å². The van der Waals surface area contributed by atoms with E-state index in [0.717, 1.165) is 55.8 Å². The Bertz CT molecular complexity index is 3170. The lowest BCUT2D eigenvalue weighted by Gasteiger charge is -2.26. The van der Waals surface area contributed by atoms with Gasteiger partial charge < -0.3 is 13.9 Å². The SMILES string of the molecule is c1ccc(N(c2ccc3ccccc3c2)c2ccc(-c3ccc4c(c3)c3ccccc3n4-c3ccccc3)c3c2oc2ccc4ccccc4c23)cc1. The Balaban J connectivity index is 1.22. The van der Waals surface area contributed by atoms with Gasteiger partial charge in [0, 0.05) is 38.6 Å². The minimum Gasteiger partial charge on any atom is -0.454 e. The van der Waals surface area contributed by atoms with Crippen LogP contribution in [0.3, 0.4) is 0 Å². The lowest BCUT2D eigenvalue weighted by molar-refractivity contribution is 0.669. The van der Waals surface area contributed by atoms with Crippen LogP contribution in [0.1, 0.15) is 0 Å². The maximum absolute atomic E-state index is 7.04. The number of furan rings is 1. The molecule has 0 spiro atoms. The Kier molecular flexibility index (Phi) is 6.55. The maximum atomic E-state index is 7.04. The second-order valence-electron chi connectivity index (χ2n) is 13.7. The second kappa shape index (κ2) is 11.7. The maximum Gasteiger partial charge on any atom is 0.160 e. The largest absolute Gasteiger partial charge is 0.454 e. The number of rotatable bonds is 5. The molecular weight excluding hydrogens is 645 g/mol. The van der Waals surface area contributed by atoms with Crippen LogP contribution in [0.2, 0.25) is 0 Å². The Labute approximate surface area is 306 Å². The fourth-order valence-electron chi connectivity index (χ4n) is 8.36. The molecule has 3 heteroatoms. The number of benzene rings is 9. The predicted molar refractivity (Wildman–Crippen MR) is 223 cm³/mol. The van der Waals surface area contributed by atoms with Crippen molar-refractivity contribution < 1.29 is 4.42 Å². The van der Waals surface area contributed by atoms with Gasteiger partial charge in [-0.25, -0.2) is 0 Å². The van der Waals surface area contributed by atoms with E-state index in [0.29, 0.717) is 0 Å². The van der Waals surface area contributed by atoms with Gasteiger partial charge in [-0.3, -0.25) is 0 Å². The molecule has 0 saturated heterocycles. The zero-order chi connectivity index (χ0) is 34.9. The van der Waals surface area contributed by atoms with Gasteiger partial charge in [0.15, 0.2) is 5.58 Å². The molecular formula is C50H32N2O. The molecule has 3 nitrogen and oxygen atoms in total. The van der Waals surface area contributed by atoms with Gasteiger partial charge in [-0.15, -0.1) is 0 Å². The first-order valence-corrected chi connectivity index (χ1v) is 18.1. The van der Waals surface area contributed by atoms with Gasteiger partial charge in [-0.1, -0.05) is 127 Å². The molecule has 0 radical (unpaired) electrons. The summed E-state index contributed by atoms with van der Waals surface area (Å²) in [6.45, 7) is 0. The molecule has 53 heavy (non-hydrogen) atoms. The van der Waals surface area contributed by atoms with Gasteiger partial charge in [0.1, 0.15) is 5.58 Å². The van der Waals surface area contributed by atoms with E-state index in [2.05, 4.69) is 204 Å². The molecule has 0 aliphatic heterocycles. The van der Waals surface area contributed by atoms with E-state index < -0.39 is 0 Å². The van der Waals surface area contributed by atoms with E-state index in [9.17, 15) is 0 Å². The number of hydrogen-bond donors (Lipinski definition) is 0. The topological polar surface area (TPSA) is 21.3 Å². The molecule has 0 amide bonds. The van der Waals surface area contributed by atoms with Gasteiger partial charge >= 0.3 is 0 Å². The molecule has 248 valence electrons. The van der Waals surface area contributed by atoms with Crippen molar-refractivity contribution in [2.75, 3.05) is 4.90 Å². The first-order chi connectivity index (χ1) is 26.3. The summed E-state index contributed by atoms with van der Waals surface area (Å²) in [6.07, 6.45) is 0. The minimum atomic E-state index is 0.859. The molecule has 0 aliphatic carbocycles. The molecule has 11 rings (SSSR count). The lowest BCUT2D eigenvalue weighted by atomic mass is 9.95. The normalized spacial score (nSPS) is 11.8. The fraction of sp³-hybridized carbons (Fsp3) is 0. The van der Waals surface area contributed by atoms with Crippen LogP contribution in [0.15, 0.2) is 199 Å². The molecule has 0 fully saturated rings. The van der Waals surface area contributed by atoms with E-state index in [4.69, 9.17) is 4.42 Å². The monoisotopic (exact) mass is 676 g/mol. The van der Waals surface area contributed by atoms with Crippen molar-refractivity contribution in [3.8, 4) is 16.8 Å². The molecule has 0 unspecified atom stereocenters. The van der Waals surface area contributed by atoms with Crippen LogP contribution in [0.4, 0.5) is 17.1 Å². The third-order valence-corrected chi connectivity index (χ3v) is 10.7. The van der Waals surface area contributed by atoms with Crippen molar-refractivity contribution in [3.63, 3.8) is 0 Å². The van der Waals surface area contributed by atoms with Gasteiger partial charge in [-0.2, -0.15) is 0 Å². The summed E-state index contributed by atoms with van der Waals surface area (Å²) in [5, 5.41) is 9.47. The van der Waals surface area contributed by atoms with Crippen LogP contribution >= 0.6 is 0 Å². The minimum absolute atomic E-state index is 0.859. The zero-order valence-electron chi connectivity index (χ0n) is 28.8. The quantitative estimate of drug-likeness (QED) is 0.181. The smallest absolute Gasteiger partial charge is 0.160 e. The molecule has 0 N–H and O–H groups in total. The molecule has 9 aromatic carbocycles. The Morgan fingerprint density at radius 3 is 1.94 bits per heavy atom. The number of aromatic nitrogens is 1. The summed E-state index contributed by atoms with van der Waals surface area (Å²) in [5.74, 6) is 0. The van der Waals surface area contributed by atoms with Crippen LogP contribution < -0.4 is 4.90 Å². The number of para-hydroxylation sites is 3.